The Morgan fingerprint density at radius 1 is 1.36 bits per heavy atom. The van der Waals surface area contributed by atoms with E-state index in [0.29, 0.717) is 5.38 Å². The molecule has 1 atom stereocenters. The summed E-state index contributed by atoms with van der Waals surface area (Å²) in [4.78, 5) is 0. The molecule has 0 heterocycles. The van der Waals surface area contributed by atoms with Crippen LogP contribution in [0.1, 0.15) is 26.7 Å². The first-order chi connectivity index (χ1) is 5.20. The first-order valence-corrected chi connectivity index (χ1v) is 4.98. The standard InChI is InChI=1S/C9H18ClN/c1-7(2)5-11-6-9(10)8-3-4-8/h7-9,11H,3-6H2,1-2H3. The number of halogens is 1. The lowest BCUT2D eigenvalue weighted by Crippen LogP contribution is -2.27. The van der Waals surface area contributed by atoms with Crippen LogP contribution in [-0.4, -0.2) is 18.5 Å². The van der Waals surface area contributed by atoms with E-state index in [-0.39, 0.29) is 0 Å². The molecule has 1 saturated carbocycles. The highest BCUT2D eigenvalue weighted by Crippen LogP contribution is 2.35. The van der Waals surface area contributed by atoms with Crippen LogP contribution < -0.4 is 5.32 Å². The molecule has 1 N–H and O–H groups in total. The Morgan fingerprint density at radius 3 is 2.45 bits per heavy atom. The van der Waals surface area contributed by atoms with Gasteiger partial charge >= 0.3 is 0 Å². The number of nitrogens with one attached hydrogen (secondary N) is 1. The van der Waals surface area contributed by atoms with Gasteiger partial charge in [-0.15, -0.1) is 11.6 Å². The summed E-state index contributed by atoms with van der Waals surface area (Å²) < 4.78 is 0. The fourth-order valence-electron chi connectivity index (χ4n) is 1.13. The SMILES string of the molecule is CC(C)CNCC(Cl)C1CC1. The Kier molecular flexibility index (Phi) is 3.67. The fraction of sp³-hybridized carbons (Fsp3) is 1.00. The van der Waals surface area contributed by atoms with Gasteiger partial charge in [0.15, 0.2) is 0 Å². The van der Waals surface area contributed by atoms with E-state index in [1.165, 1.54) is 12.8 Å². The number of alkyl halides is 1. The molecule has 1 unspecified atom stereocenters. The smallest absolute Gasteiger partial charge is 0.0488 e. The molecule has 1 rings (SSSR count). The first-order valence-electron chi connectivity index (χ1n) is 4.55. The van der Waals surface area contributed by atoms with Crippen molar-refractivity contribution in [2.24, 2.45) is 11.8 Å². The monoisotopic (exact) mass is 175 g/mol. The second kappa shape index (κ2) is 4.32. The molecule has 0 aromatic heterocycles. The second-order valence-electron chi connectivity index (χ2n) is 3.91. The average Bonchev–Trinajstić information content (AvgIpc) is 2.66. The molecular formula is C9H18ClN. The summed E-state index contributed by atoms with van der Waals surface area (Å²) in [5, 5.41) is 3.76. The van der Waals surface area contributed by atoms with Gasteiger partial charge in [-0.25, -0.2) is 0 Å². The van der Waals surface area contributed by atoms with Crippen molar-refractivity contribution in [3.8, 4) is 0 Å². The zero-order valence-electron chi connectivity index (χ0n) is 7.44. The molecule has 0 amide bonds. The molecule has 0 aliphatic heterocycles. The number of hydrogen-bond acceptors (Lipinski definition) is 1. The average molecular weight is 176 g/mol. The lowest BCUT2D eigenvalue weighted by Gasteiger charge is -2.10. The van der Waals surface area contributed by atoms with Crippen LogP contribution in [-0.2, 0) is 0 Å². The number of hydrogen-bond donors (Lipinski definition) is 1. The molecule has 0 radical (unpaired) electrons. The highest BCUT2D eigenvalue weighted by Gasteiger charge is 2.28. The van der Waals surface area contributed by atoms with Crippen LogP contribution in [0.4, 0.5) is 0 Å². The Balaban J connectivity index is 1.93. The molecule has 11 heavy (non-hydrogen) atoms. The molecule has 0 bridgehead atoms. The van der Waals surface area contributed by atoms with E-state index >= 15 is 0 Å². The summed E-state index contributed by atoms with van der Waals surface area (Å²) >= 11 is 6.10. The molecule has 1 aliphatic carbocycles. The minimum atomic E-state index is 0.383. The highest BCUT2D eigenvalue weighted by atomic mass is 35.5. The molecule has 0 spiro atoms. The summed E-state index contributed by atoms with van der Waals surface area (Å²) in [6.07, 6.45) is 2.69. The van der Waals surface area contributed by atoms with Crippen molar-refractivity contribution in [2.45, 2.75) is 32.1 Å². The van der Waals surface area contributed by atoms with Gasteiger partial charge in [0.2, 0.25) is 0 Å². The molecule has 0 saturated heterocycles. The van der Waals surface area contributed by atoms with Gasteiger partial charge in [0.25, 0.3) is 0 Å². The maximum absolute atomic E-state index is 6.10. The van der Waals surface area contributed by atoms with Crippen LogP contribution in [0.5, 0.6) is 0 Å². The van der Waals surface area contributed by atoms with E-state index < -0.39 is 0 Å². The third kappa shape index (κ3) is 3.97. The minimum Gasteiger partial charge on any atom is -0.315 e. The molecular weight excluding hydrogens is 158 g/mol. The Labute approximate surface area is 74.5 Å². The zero-order valence-corrected chi connectivity index (χ0v) is 8.19. The second-order valence-corrected chi connectivity index (χ2v) is 4.47. The van der Waals surface area contributed by atoms with Gasteiger partial charge in [-0.1, -0.05) is 13.8 Å². The van der Waals surface area contributed by atoms with Crippen molar-refractivity contribution in [1.29, 1.82) is 0 Å². The molecule has 2 heteroatoms. The third-order valence-corrected chi connectivity index (χ3v) is 2.54. The lowest BCUT2D eigenvalue weighted by atomic mass is 10.2. The molecule has 0 aromatic rings. The van der Waals surface area contributed by atoms with Crippen molar-refractivity contribution in [3.63, 3.8) is 0 Å². The van der Waals surface area contributed by atoms with Crippen LogP contribution >= 0.6 is 11.6 Å². The quantitative estimate of drug-likeness (QED) is 0.633. The normalized spacial score (nSPS) is 20.7. The largest absolute Gasteiger partial charge is 0.315 e. The maximum Gasteiger partial charge on any atom is 0.0488 e. The topological polar surface area (TPSA) is 12.0 Å². The van der Waals surface area contributed by atoms with Crippen molar-refractivity contribution in [1.82, 2.24) is 5.32 Å². The first kappa shape index (κ1) is 9.34. The van der Waals surface area contributed by atoms with Gasteiger partial charge in [-0.05, 0) is 31.2 Å². The molecule has 0 aromatic carbocycles. The van der Waals surface area contributed by atoms with Crippen LogP contribution in [0, 0.1) is 11.8 Å². The predicted octanol–water partition coefficient (Wildman–Crippen LogP) is 2.25. The Hall–Kier alpha value is 0.250. The van der Waals surface area contributed by atoms with Gasteiger partial charge in [0.05, 0.1) is 0 Å². The van der Waals surface area contributed by atoms with E-state index in [9.17, 15) is 0 Å². The van der Waals surface area contributed by atoms with E-state index in [2.05, 4.69) is 19.2 Å². The van der Waals surface area contributed by atoms with Gasteiger partial charge in [0, 0.05) is 11.9 Å². The van der Waals surface area contributed by atoms with Crippen LogP contribution in [0.2, 0.25) is 0 Å². The minimum absolute atomic E-state index is 0.383. The van der Waals surface area contributed by atoms with Gasteiger partial charge in [-0.3, -0.25) is 0 Å². The zero-order chi connectivity index (χ0) is 8.27. The van der Waals surface area contributed by atoms with Crippen molar-refractivity contribution in [3.05, 3.63) is 0 Å². The molecule has 1 nitrogen and oxygen atoms in total. The number of rotatable bonds is 5. The summed E-state index contributed by atoms with van der Waals surface area (Å²) in [5.74, 6) is 1.55. The van der Waals surface area contributed by atoms with Crippen LogP contribution in [0.25, 0.3) is 0 Å². The predicted molar refractivity (Wildman–Crippen MR) is 50.1 cm³/mol. The van der Waals surface area contributed by atoms with Gasteiger partial charge < -0.3 is 5.32 Å². The van der Waals surface area contributed by atoms with E-state index in [1.54, 1.807) is 0 Å². The highest BCUT2D eigenvalue weighted by molar-refractivity contribution is 6.21. The summed E-state index contributed by atoms with van der Waals surface area (Å²) in [5.41, 5.74) is 0. The maximum atomic E-state index is 6.10. The van der Waals surface area contributed by atoms with Gasteiger partial charge in [0.1, 0.15) is 0 Å². The van der Waals surface area contributed by atoms with E-state index in [1.807, 2.05) is 0 Å². The molecule has 1 aliphatic rings. The van der Waals surface area contributed by atoms with Crippen molar-refractivity contribution < 1.29 is 0 Å². The summed E-state index contributed by atoms with van der Waals surface area (Å²) in [6, 6.07) is 0. The van der Waals surface area contributed by atoms with Gasteiger partial charge in [-0.2, -0.15) is 0 Å². The third-order valence-electron chi connectivity index (χ3n) is 2.03. The Morgan fingerprint density at radius 2 is 2.00 bits per heavy atom. The fourth-order valence-corrected chi connectivity index (χ4v) is 1.50. The molecule has 66 valence electrons. The van der Waals surface area contributed by atoms with Crippen molar-refractivity contribution >= 4 is 11.6 Å². The molecule has 1 fully saturated rings. The lowest BCUT2D eigenvalue weighted by molar-refractivity contribution is 0.534. The van der Waals surface area contributed by atoms with E-state index in [0.717, 1.165) is 24.9 Å². The van der Waals surface area contributed by atoms with Crippen LogP contribution in [0.3, 0.4) is 0 Å². The van der Waals surface area contributed by atoms with Crippen LogP contribution in [0.15, 0.2) is 0 Å². The van der Waals surface area contributed by atoms with E-state index in [4.69, 9.17) is 11.6 Å². The summed E-state index contributed by atoms with van der Waals surface area (Å²) in [7, 11) is 0. The van der Waals surface area contributed by atoms with Crippen molar-refractivity contribution in [2.75, 3.05) is 13.1 Å². The Bertz CT molecular complexity index is 110. The summed E-state index contributed by atoms with van der Waals surface area (Å²) in [6.45, 7) is 6.51.